The van der Waals surface area contributed by atoms with Crippen LogP contribution in [-0.4, -0.2) is 42.6 Å². The number of benzene rings is 1. The number of fused-ring (bicyclic) bond motifs is 1. The van der Waals surface area contributed by atoms with Gasteiger partial charge in [0.15, 0.2) is 0 Å². The van der Waals surface area contributed by atoms with E-state index in [0.29, 0.717) is 18.8 Å². The van der Waals surface area contributed by atoms with E-state index in [0.717, 1.165) is 37.4 Å². The molecule has 0 spiro atoms. The highest BCUT2D eigenvalue weighted by molar-refractivity contribution is 5.83. The third kappa shape index (κ3) is 2.91. The molecule has 0 aliphatic carbocycles. The summed E-state index contributed by atoms with van der Waals surface area (Å²) in [6.45, 7) is 6.93. The number of hydrogen-bond acceptors (Lipinski definition) is 4. The second-order valence-corrected chi connectivity index (χ2v) is 6.53. The van der Waals surface area contributed by atoms with Crippen molar-refractivity contribution in [3.8, 4) is 5.75 Å². The fourth-order valence-electron chi connectivity index (χ4n) is 3.11. The molecule has 3 rings (SSSR count). The Labute approximate surface area is 125 Å². The predicted octanol–water partition coefficient (Wildman–Crippen LogP) is 1.87. The molecule has 1 amide bonds. The fourth-order valence-corrected chi connectivity index (χ4v) is 3.11. The molecule has 0 bridgehead atoms. The molecule has 5 heteroatoms. The van der Waals surface area contributed by atoms with Crippen molar-refractivity contribution >= 4 is 17.3 Å². The minimum absolute atomic E-state index is 0.193. The van der Waals surface area contributed by atoms with Crippen molar-refractivity contribution in [2.45, 2.75) is 32.3 Å². The van der Waals surface area contributed by atoms with Gasteiger partial charge in [-0.1, -0.05) is 0 Å². The third-order valence-corrected chi connectivity index (χ3v) is 4.07. The zero-order chi connectivity index (χ0) is 15.0. The Morgan fingerprint density at radius 1 is 1.33 bits per heavy atom. The van der Waals surface area contributed by atoms with Crippen LogP contribution in [0, 0.1) is 0 Å². The standard InChI is InChI=1S/C16H23N3O2/c1-16(2)11-19(10-15(20)18-7-3-4-8-18)13-9-12(17)5-6-14(13)21-16/h5-6,9H,3-4,7-8,10-11,17H2,1-2H3. The van der Waals surface area contributed by atoms with E-state index in [-0.39, 0.29) is 11.5 Å². The van der Waals surface area contributed by atoms with Crippen molar-refractivity contribution in [2.75, 3.05) is 36.8 Å². The lowest BCUT2D eigenvalue weighted by atomic mass is 10.0. The van der Waals surface area contributed by atoms with Gasteiger partial charge in [0.1, 0.15) is 11.4 Å². The molecular formula is C16H23N3O2. The Balaban J connectivity index is 1.83. The van der Waals surface area contributed by atoms with Crippen LogP contribution in [-0.2, 0) is 4.79 Å². The summed E-state index contributed by atoms with van der Waals surface area (Å²) in [5.41, 5.74) is 7.18. The average Bonchev–Trinajstić information content (AvgIpc) is 2.93. The second-order valence-electron chi connectivity index (χ2n) is 6.53. The molecule has 0 radical (unpaired) electrons. The fraction of sp³-hybridized carbons (Fsp3) is 0.562. The molecule has 1 aromatic rings. The Morgan fingerprint density at radius 3 is 2.76 bits per heavy atom. The molecule has 1 fully saturated rings. The van der Waals surface area contributed by atoms with Crippen LogP contribution in [0.3, 0.4) is 0 Å². The van der Waals surface area contributed by atoms with Gasteiger partial charge in [0.05, 0.1) is 18.8 Å². The van der Waals surface area contributed by atoms with Crippen molar-refractivity contribution < 1.29 is 9.53 Å². The smallest absolute Gasteiger partial charge is 0.242 e. The monoisotopic (exact) mass is 289 g/mol. The molecule has 0 saturated carbocycles. The number of hydrogen-bond donors (Lipinski definition) is 1. The molecule has 0 unspecified atom stereocenters. The van der Waals surface area contributed by atoms with E-state index in [1.165, 1.54) is 0 Å². The summed E-state index contributed by atoms with van der Waals surface area (Å²) in [7, 11) is 0. The van der Waals surface area contributed by atoms with Crippen molar-refractivity contribution in [3.05, 3.63) is 18.2 Å². The van der Waals surface area contributed by atoms with Crippen molar-refractivity contribution in [3.63, 3.8) is 0 Å². The van der Waals surface area contributed by atoms with Gasteiger partial charge in [-0.15, -0.1) is 0 Å². The maximum atomic E-state index is 12.4. The first kappa shape index (κ1) is 14.0. The van der Waals surface area contributed by atoms with E-state index >= 15 is 0 Å². The molecule has 21 heavy (non-hydrogen) atoms. The lowest BCUT2D eigenvalue weighted by Crippen LogP contribution is -2.50. The van der Waals surface area contributed by atoms with Gasteiger partial charge in [-0.05, 0) is 44.9 Å². The number of anilines is 2. The van der Waals surface area contributed by atoms with Gasteiger partial charge in [0, 0.05) is 18.8 Å². The van der Waals surface area contributed by atoms with Crippen molar-refractivity contribution in [1.29, 1.82) is 0 Å². The number of amides is 1. The second kappa shape index (κ2) is 5.13. The summed E-state index contributed by atoms with van der Waals surface area (Å²) in [6, 6.07) is 5.61. The number of rotatable bonds is 2. The zero-order valence-corrected chi connectivity index (χ0v) is 12.8. The van der Waals surface area contributed by atoms with Crippen LogP contribution in [0.1, 0.15) is 26.7 Å². The van der Waals surface area contributed by atoms with E-state index in [1.54, 1.807) is 0 Å². The van der Waals surface area contributed by atoms with Gasteiger partial charge < -0.3 is 20.3 Å². The molecule has 114 valence electrons. The summed E-state index contributed by atoms with van der Waals surface area (Å²) >= 11 is 0. The number of nitrogens with two attached hydrogens (primary N) is 1. The molecule has 0 atom stereocenters. The van der Waals surface area contributed by atoms with Crippen LogP contribution in [0.15, 0.2) is 18.2 Å². The molecule has 2 aliphatic heterocycles. The first-order chi connectivity index (χ1) is 9.94. The molecule has 1 aromatic carbocycles. The average molecular weight is 289 g/mol. The maximum absolute atomic E-state index is 12.4. The highest BCUT2D eigenvalue weighted by Gasteiger charge is 2.33. The van der Waals surface area contributed by atoms with Crippen LogP contribution in [0.5, 0.6) is 5.75 Å². The summed E-state index contributed by atoms with van der Waals surface area (Å²) in [5, 5.41) is 0. The lowest BCUT2D eigenvalue weighted by Gasteiger charge is -2.41. The summed E-state index contributed by atoms with van der Waals surface area (Å²) in [4.78, 5) is 16.5. The number of likely N-dealkylation sites (tertiary alicyclic amines) is 1. The number of nitrogen functional groups attached to an aromatic ring is 1. The predicted molar refractivity (Wildman–Crippen MR) is 83.6 cm³/mol. The first-order valence-corrected chi connectivity index (χ1v) is 7.56. The molecule has 2 N–H and O–H groups in total. The van der Waals surface area contributed by atoms with Crippen molar-refractivity contribution in [1.82, 2.24) is 4.90 Å². The van der Waals surface area contributed by atoms with E-state index in [2.05, 4.69) is 4.90 Å². The summed E-state index contributed by atoms with van der Waals surface area (Å²) in [6.07, 6.45) is 2.23. The number of carbonyl (C=O) groups is 1. The Morgan fingerprint density at radius 2 is 2.05 bits per heavy atom. The number of nitrogens with zero attached hydrogens (tertiary/aromatic N) is 2. The molecule has 5 nitrogen and oxygen atoms in total. The van der Waals surface area contributed by atoms with Gasteiger partial charge in [0.2, 0.25) is 5.91 Å². The van der Waals surface area contributed by atoms with E-state index < -0.39 is 0 Å². The molecule has 2 heterocycles. The summed E-state index contributed by atoms with van der Waals surface area (Å²) < 4.78 is 5.99. The number of ether oxygens (including phenoxy) is 1. The highest BCUT2D eigenvalue weighted by atomic mass is 16.5. The third-order valence-electron chi connectivity index (χ3n) is 4.07. The van der Waals surface area contributed by atoms with E-state index in [1.807, 2.05) is 36.9 Å². The maximum Gasteiger partial charge on any atom is 0.242 e. The first-order valence-electron chi connectivity index (χ1n) is 7.56. The largest absolute Gasteiger partial charge is 0.484 e. The van der Waals surface area contributed by atoms with Crippen LogP contribution < -0.4 is 15.4 Å². The van der Waals surface area contributed by atoms with Gasteiger partial charge in [-0.25, -0.2) is 0 Å². The quantitative estimate of drug-likeness (QED) is 0.844. The van der Waals surface area contributed by atoms with Crippen LogP contribution in [0.2, 0.25) is 0 Å². The van der Waals surface area contributed by atoms with Crippen molar-refractivity contribution in [2.24, 2.45) is 0 Å². The molecular weight excluding hydrogens is 266 g/mol. The van der Waals surface area contributed by atoms with Gasteiger partial charge >= 0.3 is 0 Å². The Kier molecular flexibility index (Phi) is 3.43. The molecule has 2 aliphatic rings. The molecule has 1 saturated heterocycles. The SMILES string of the molecule is CC1(C)CN(CC(=O)N2CCCC2)c2cc(N)ccc2O1. The van der Waals surface area contributed by atoms with Gasteiger partial charge in [0.25, 0.3) is 0 Å². The van der Waals surface area contributed by atoms with Gasteiger partial charge in [-0.3, -0.25) is 4.79 Å². The van der Waals surface area contributed by atoms with Crippen LogP contribution in [0.25, 0.3) is 0 Å². The Bertz CT molecular complexity index is 550. The Hall–Kier alpha value is -1.91. The minimum Gasteiger partial charge on any atom is -0.484 e. The zero-order valence-electron chi connectivity index (χ0n) is 12.8. The van der Waals surface area contributed by atoms with Gasteiger partial charge in [-0.2, -0.15) is 0 Å². The van der Waals surface area contributed by atoms with E-state index in [4.69, 9.17) is 10.5 Å². The normalized spacial score (nSPS) is 20.1. The molecule has 0 aromatic heterocycles. The topological polar surface area (TPSA) is 58.8 Å². The van der Waals surface area contributed by atoms with E-state index in [9.17, 15) is 4.79 Å². The minimum atomic E-state index is -0.311. The number of carbonyl (C=O) groups excluding carboxylic acids is 1. The van der Waals surface area contributed by atoms with Crippen LogP contribution >= 0.6 is 0 Å². The van der Waals surface area contributed by atoms with Crippen LogP contribution in [0.4, 0.5) is 11.4 Å². The lowest BCUT2D eigenvalue weighted by molar-refractivity contribution is -0.128. The summed E-state index contributed by atoms with van der Waals surface area (Å²) in [5.74, 6) is 0.994. The highest BCUT2D eigenvalue weighted by Crippen LogP contribution is 2.38.